The predicted molar refractivity (Wildman–Crippen MR) is 65.0 cm³/mol. The van der Waals surface area contributed by atoms with Gasteiger partial charge in [0.2, 0.25) is 0 Å². The summed E-state index contributed by atoms with van der Waals surface area (Å²) in [7, 11) is 0. The van der Waals surface area contributed by atoms with E-state index in [1.165, 1.54) is 5.56 Å². The minimum Gasteiger partial charge on any atom is -0.328 e. The van der Waals surface area contributed by atoms with Gasteiger partial charge in [-0.15, -0.1) is 0 Å². The van der Waals surface area contributed by atoms with Crippen molar-refractivity contribution in [2.75, 3.05) is 0 Å². The van der Waals surface area contributed by atoms with Crippen molar-refractivity contribution in [1.29, 1.82) is 0 Å². The first-order valence-electron chi connectivity index (χ1n) is 6.18. The molecular weight excluding hydrogens is 201 g/mol. The molecular formula is C14H20FN. The molecule has 0 aromatic heterocycles. The Morgan fingerprint density at radius 3 is 2.94 bits per heavy atom. The highest BCUT2D eigenvalue weighted by molar-refractivity contribution is 5.29. The largest absolute Gasteiger partial charge is 0.328 e. The Morgan fingerprint density at radius 1 is 1.50 bits per heavy atom. The lowest BCUT2D eigenvalue weighted by atomic mass is 9.92. The van der Waals surface area contributed by atoms with Crippen LogP contribution in [0, 0.1) is 0 Å². The van der Waals surface area contributed by atoms with E-state index in [2.05, 4.69) is 13.0 Å². The van der Waals surface area contributed by atoms with Gasteiger partial charge in [0.15, 0.2) is 0 Å². The van der Waals surface area contributed by atoms with Crippen LogP contribution in [-0.2, 0) is 12.1 Å². The lowest BCUT2D eigenvalue weighted by Gasteiger charge is -2.20. The molecule has 88 valence electrons. The van der Waals surface area contributed by atoms with Crippen LogP contribution >= 0.6 is 0 Å². The number of benzene rings is 1. The predicted octanol–water partition coefficient (Wildman–Crippen LogP) is 3.32. The van der Waals surface area contributed by atoms with Gasteiger partial charge in [0.25, 0.3) is 0 Å². The van der Waals surface area contributed by atoms with Gasteiger partial charge < -0.3 is 5.73 Å². The van der Waals surface area contributed by atoms with Crippen LogP contribution in [0.1, 0.15) is 43.7 Å². The van der Waals surface area contributed by atoms with Gasteiger partial charge in [-0.3, -0.25) is 0 Å². The third-order valence-corrected chi connectivity index (χ3v) is 3.48. The lowest BCUT2D eigenvalue weighted by molar-refractivity contribution is 0.172. The first-order chi connectivity index (χ1) is 7.64. The summed E-state index contributed by atoms with van der Waals surface area (Å²) in [6.07, 6.45) is 3.97. The molecule has 0 saturated heterocycles. The molecule has 1 aliphatic carbocycles. The number of hydrogen-bond acceptors (Lipinski definition) is 1. The van der Waals surface area contributed by atoms with Crippen molar-refractivity contribution in [3.8, 4) is 0 Å². The Labute approximate surface area is 96.9 Å². The van der Waals surface area contributed by atoms with Gasteiger partial charge in [-0.25, -0.2) is 4.39 Å². The van der Waals surface area contributed by atoms with Crippen molar-refractivity contribution in [3.05, 3.63) is 35.4 Å². The van der Waals surface area contributed by atoms with Crippen LogP contribution in [0.3, 0.4) is 0 Å². The van der Waals surface area contributed by atoms with Gasteiger partial charge in [-0.05, 0) is 30.4 Å². The normalized spacial score (nSPS) is 29.6. The Bertz CT molecular complexity index is 364. The molecule has 1 aliphatic rings. The van der Waals surface area contributed by atoms with Crippen molar-refractivity contribution in [2.45, 2.75) is 50.7 Å². The molecule has 1 fully saturated rings. The number of nitrogens with two attached hydrogens (primary N) is 1. The van der Waals surface area contributed by atoms with Crippen LogP contribution in [-0.4, -0.2) is 6.04 Å². The number of halogens is 1. The van der Waals surface area contributed by atoms with Gasteiger partial charge >= 0.3 is 0 Å². The molecule has 0 amide bonds. The van der Waals surface area contributed by atoms with E-state index in [4.69, 9.17) is 5.73 Å². The molecule has 0 spiro atoms. The molecule has 2 rings (SSSR count). The van der Waals surface area contributed by atoms with E-state index in [-0.39, 0.29) is 6.04 Å². The third-order valence-electron chi connectivity index (χ3n) is 3.48. The summed E-state index contributed by atoms with van der Waals surface area (Å²) in [6.45, 7) is 2.14. The van der Waals surface area contributed by atoms with Crippen LogP contribution in [0.15, 0.2) is 24.3 Å². The monoisotopic (exact) mass is 221 g/mol. The van der Waals surface area contributed by atoms with Gasteiger partial charge in [0.05, 0.1) is 0 Å². The Kier molecular flexibility index (Phi) is 3.29. The maximum Gasteiger partial charge on any atom is 0.137 e. The summed E-state index contributed by atoms with van der Waals surface area (Å²) in [4.78, 5) is 0. The molecule has 0 bridgehead atoms. The molecule has 2 unspecified atom stereocenters. The Morgan fingerprint density at radius 2 is 2.31 bits per heavy atom. The zero-order valence-electron chi connectivity index (χ0n) is 9.88. The molecule has 0 heterocycles. The summed E-state index contributed by atoms with van der Waals surface area (Å²) in [5, 5.41) is 0. The Balaban J connectivity index is 2.22. The zero-order valence-corrected chi connectivity index (χ0v) is 9.88. The molecule has 1 saturated carbocycles. The number of hydrogen-bond donors (Lipinski definition) is 1. The van der Waals surface area contributed by atoms with E-state index in [1.807, 2.05) is 18.2 Å². The average molecular weight is 221 g/mol. The van der Waals surface area contributed by atoms with Crippen molar-refractivity contribution in [2.24, 2.45) is 5.73 Å². The van der Waals surface area contributed by atoms with Crippen LogP contribution in [0.5, 0.6) is 0 Å². The fourth-order valence-corrected chi connectivity index (χ4v) is 2.59. The summed E-state index contributed by atoms with van der Waals surface area (Å²) in [6, 6.07) is 7.98. The topological polar surface area (TPSA) is 26.0 Å². The molecule has 16 heavy (non-hydrogen) atoms. The van der Waals surface area contributed by atoms with Gasteiger partial charge in [-0.1, -0.05) is 37.6 Å². The summed E-state index contributed by atoms with van der Waals surface area (Å²) < 4.78 is 14.6. The molecule has 2 heteroatoms. The standard InChI is InChI=1S/C14H20FN/c1-2-4-11-5-3-6-12(9-11)14(15)8-7-13(16)10-14/h3,5-6,9,13H,2,4,7-8,10,16H2,1H3. The second-order valence-corrected chi connectivity index (χ2v) is 4.92. The molecule has 0 aliphatic heterocycles. The van der Waals surface area contributed by atoms with Crippen molar-refractivity contribution in [3.63, 3.8) is 0 Å². The maximum atomic E-state index is 14.6. The molecule has 1 aromatic carbocycles. The van der Waals surface area contributed by atoms with Crippen LogP contribution in [0.2, 0.25) is 0 Å². The molecule has 0 radical (unpaired) electrons. The first-order valence-corrected chi connectivity index (χ1v) is 6.18. The number of rotatable bonds is 3. The smallest absolute Gasteiger partial charge is 0.137 e. The van der Waals surface area contributed by atoms with Crippen LogP contribution in [0.25, 0.3) is 0 Å². The fraction of sp³-hybridized carbons (Fsp3) is 0.571. The first kappa shape index (κ1) is 11.6. The van der Waals surface area contributed by atoms with Crippen molar-refractivity contribution < 1.29 is 4.39 Å². The minimum absolute atomic E-state index is 0.0276. The lowest BCUT2D eigenvalue weighted by Crippen LogP contribution is -2.21. The highest BCUT2D eigenvalue weighted by Gasteiger charge is 2.39. The molecule has 2 atom stereocenters. The molecule has 2 N–H and O–H groups in total. The molecule has 1 nitrogen and oxygen atoms in total. The molecule has 1 aromatic rings. The number of alkyl halides is 1. The average Bonchev–Trinajstić information content (AvgIpc) is 2.61. The zero-order chi connectivity index (χ0) is 11.6. The second kappa shape index (κ2) is 4.54. The van der Waals surface area contributed by atoms with Crippen molar-refractivity contribution >= 4 is 0 Å². The Hall–Kier alpha value is -0.890. The van der Waals surface area contributed by atoms with E-state index in [1.54, 1.807) is 0 Å². The van der Waals surface area contributed by atoms with Gasteiger partial charge in [-0.2, -0.15) is 0 Å². The highest BCUT2D eigenvalue weighted by Crippen LogP contribution is 2.42. The van der Waals surface area contributed by atoms with E-state index >= 15 is 0 Å². The van der Waals surface area contributed by atoms with E-state index in [0.29, 0.717) is 12.8 Å². The third kappa shape index (κ3) is 2.27. The van der Waals surface area contributed by atoms with Crippen LogP contribution in [0.4, 0.5) is 4.39 Å². The van der Waals surface area contributed by atoms with E-state index in [9.17, 15) is 4.39 Å². The van der Waals surface area contributed by atoms with Gasteiger partial charge in [0, 0.05) is 12.5 Å². The maximum absolute atomic E-state index is 14.6. The van der Waals surface area contributed by atoms with E-state index < -0.39 is 5.67 Å². The van der Waals surface area contributed by atoms with Crippen LogP contribution < -0.4 is 5.73 Å². The van der Waals surface area contributed by atoms with Gasteiger partial charge in [0.1, 0.15) is 5.67 Å². The fourth-order valence-electron chi connectivity index (χ4n) is 2.59. The quantitative estimate of drug-likeness (QED) is 0.832. The minimum atomic E-state index is -1.18. The SMILES string of the molecule is CCCc1cccc(C2(F)CCC(N)C2)c1. The summed E-state index contributed by atoms with van der Waals surface area (Å²) in [5.74, 6) is 0. The number of aryl methyl sites for hydroxylation is 1. The van der Waals surface area contributed by atoms with E-state index in [0.717, 1.165) is 24.8 Å². The van der Waals surface area contributed by atoms with Crippen molar-refractivity contribution in [1.82, 2.24) is 0 Å². The summed E-state index contributed by atoms with van der Waals surface area (Å²) in [5.41, 5.74) is 6.69. The highest BCUT2D eigenvalue weighted by atomic mass is 19.1. The summed E-state index contributed by atoms with van der Waals surface area (Å²) >= 11 is 0. The second-order valence-electron chi connectivity index (χ2n) is 4.92.